The Hall–Kier alpha value is -4.51. The molecule has 1 aliphatic rings. The van der Waals surface area contributed by atoms with Gasteiger partial charge >= 0.3 is 7.40 Å². The molecule has 0 saturated carbocycles. The average Bonchev–Trinajstić information content (AvgIpc) is 3.56. The summed E-state index contributed by atoms with van der Waals surface area (Å²) in [5.74, 6) is 0. The molecule has 0 aliphatic carbocycles. The Morgan fingerprint density at radius 2 is 1.20 bits per heavy atom. The molecule has 0 unspecified atom stereocenters. The van der Waals surface area contributed by atoms with Gasteiger partial charge in [-0.25, -0.2) is 4.99 Å². The van der Waals surface area contributed by atoms with Gasteiger partial charge in [-0.1, -0.05) is 138 Å². The number of aromatic nitrogens is 1. The highest BCUT2D eigenvalue weighted by Gasteiger charge is 2.30. The summed E-state index contributed by atoms with van der Waals surface area (Å²) < 4.78 is 31.7. The molecule has 0 atom stereocenters. The third-order valence-electron chi connectivity index (χ3n) is 8.98. The Morgan fingerprint density at radius 1 is 0.630 bits per heavy atom. The Morgan fingerprint density at radius 3 is 1.74 bits per heavy atom. The van der Waals surface area contributed by atoms with E-state index in [4.69, 9.17) is 4.99 Å². The van der Waals surface area contributed by atoms with Gasteiger partial charge in [0.1, 0.15) is 0 Å². The maximum Gasteiger partial charge on any atom is 0.678 e. The molecule has 232 valence electrons. The van der Waals surface area contributed by atoms with Crippen molar-refractivity contribution in [2.24, 2.45) is 4.99 Å². The van der Waals surface area contributed by atoms with Crippen molar-refractivity contribution >= 4 is 24.9 Å². The van der Waals surface area contributed by atoms with Crippen LogP contribution in [0.3, 0.4) is 0 Å². The summed E-state index contributed by atoms with van der Waals surface area (Å²) in [4.78, 5) is 5.13. The van der Waals surface area contributed by atoms with Gasteiger partial charge in [-0.2, -0.15) is 0 Å². The van der Waals surface area contributed by atoms with Gasteiger partial charge in [0.2, 0.25) is 0 Å². The molecule has 0 N–H and O–H groups in total. The van der Waals surface area contributed by atoms with Crippen LogP contribution >= 0.6 is 0 Å². The minimum atomic E-state index is -2.76. The first-order valence-corrected chi connectivity index (χ1v) is 16.0. The fourth-order valence-corrected chi connectivity index (χ4v) is 6.32. The molecule has 1 aromatic heterocycles. The maximum atomic E-state index is 15.3. The number of halogens is 2. The predicted molar refractivity (Wildman–Crippen MR) is 192 cm³/mol. The second-order valence-electron chi connectivity index (χ2n) is 14.5. The summed E-state index contributed by atoms with van der Waals surface area (Å²) in [6.45, 7) is 17.1. The predicted octanol–water partition coefficient (Wildman–Crippen LogP) is 11.2. The van der Waals surface area contributed by atoms with Crippen LogP contribution in [0.2, 0.25) is 0 Å². The molecule has 0 spiro atoms. The SMILES string of the molecule is Cc1ccc(C2=N/C(=C\c3c(-c4ccc(C(C)(C)C)cc4)cc(-c4ccc(C(C)(C)C)cc4)n3B(F)F)c3ccccc32)c(C)c1. The van der Waals surface area contributed by atoms with E-state index in [1.165, 1.54) is 15.6 Å². The van der Waals surface area contributed by atoms with Crippen LogP contribution in [0.15, 0.2) is 102 Å². The van der Waals surface area contributed by atoms with Gasteiger partial charge in [0.05, 0.1) is 11.4 Å². The van der Waals surface area contributed by atoms with Crippen molar-refractivity contribution in [2.45, 2.75) is 66.2 Å². The number of fused-ring (bicyclic) bond motifs is 1. The van der Waals surface area contributed by atoms with Crippen molar-refractivity contribution in [3.63, 3.8) is 0 Å². The summed E-state index contributed by atoms with van der Waals surface area (Å²) >= 11 is 0. The Kier molecular flexibility index (Phi) is 8.00. The molecule has 2 heterocycles. The van der Waals surface area contributed by atoms with Crippen LogP contribution in [-0.2, 0) is 10.8 Å². The van der Waals surface area contributed by atoms with Crippen LogP contribution in [0, 0.1) is 13.8 Å². The zero-order valence-corrected chi connectivity index (χ0v) is 28.0. The molecule has 6 rings (SSSR count). The third kappa shape index (κ3) is 5.91. The number of nitrogens with zero attached hydrogens (tertiary/aromatic N) is 2. The number of hydrogen-bond acceptors (Lipinski definition) is 1. The maximum absolute atomic E-state index is 15.3. The van der Waals surface area contributed by atoms with Crippen LogP contribution < -0.4 is 0 Å². The van der Waals surface area contributed by atoms with Crippen molar-refractivity contribution in [2.75, 3.05) is 0 Å². The monoisotopic (exact) mass is 610 g/mol. The molecule has 46 heavy (non-hydrogen) atoms. The van der Waals surface area contributed by atoms with Crippen molar-refractivity contribution in [1.82, 2.24) is 4.48 Å². The second kappa shape index (κ2) is 11.7. The van der Waals surface area contributed by atoms with E-state index in [1.54, 1.807) is 0 Å². The van der Waals surface area contributed by atoms with E-state index in [0.29, 0.717) is 17.1 Å². The first-order valence-electron chi connectivity index (χ1n) is 16.0. The number of hydrogen-bond donors (Lipinski definition) is 0. The van der Waals surface area contributed by atoms with Gasteiger partial charge in [0, 0.05) is 33.6 Å². The lowest BCUT2D eigenvalue weighted by atomic mass is 9.86. The quantitative estimate of drug-likeness (QED) is 0.176. The van der Waals surface area contributed by atoms with E-state index in [0.717, 1.165) is 50.2 Å². The minimum Gasteiger partial charge on any atom is -0.325 e. The molecule has 0 saturated heterocycles. The number of rotatable bonds is 5. The van der Waals surface area contributed by atoms with Crippen LogP contribution in [-0.4, -0.2) is 17.6 Å². The minimum absolute atomic E-state index is 0.0228. The Bertz CT molecular complexity index is 1980. The van der Waals surface area contributed by atoms with E-state index >= 15 is 8.63 Å². The van der Waals surface area contributed by atoms with E-state index in [1.807, 2.05) is 66.7 Å². The van der Waals surface area contributed by atoms with E-state index in [-0.39, 0.29) is 10.8 Å². The fourth-order valence-electron chi connectivity index (χ4n) is 6.32. The highest BCUT2D eigenvalue weighted by molar-refractivity contribution is 6.42. The Labute approximate surface area is 272 Å². The van der Waals surface area contributed by atoms with Crippen molar-refractivity contribution < 1.29 is 8.63 Å². The highest BCUT2D eigenvalue weighted by Crippen LogP contribution is 2.40. The molecular weight excluding hydrogens is 569 g/mol. The molecule has 5 heteroatoms. The zero-order valence-electron chi connectivity index (χ0n) is 28.0. The average molecular weight is 611 g/mol. The molecule has 0 radical (unpaired) electrons. The van der Waals surface area contributed by atoms with Crippen LogP contribution in [0.25, 0.3) is 34.2 Å². The summed E-state index contributed by atoms with van der Waals surface area (Å²) in [5.41, 5.74) is 12.4. The lowest BCUT2D eigenvalue weighted by Crippen LogP contribution is -2.16. The topological polar surface area (TPSA) is 17.3 Å². The molecule has 4 aromatic carbocycles. The molecule has 5 aromatic rings. The van der Waals surface area contributed by atoms with Crippen LogP contribution in [0.1, 0.15) is 86.2 Å². The summed E-state index contributed by atoms with van der Waals surface area (Å²) in [7, 11) is -2.76. The lowest BCUT2D eigenvalue weighted by molar-refractivity contribution is 0.590. The first kappa shape index (κ1) is 31.5. The smallest absolute Gasteiger partial charge is 0.325 e. The van der Waals surface area contributed by atoms with Gasteiger partial charge < -0.3 is 4.48 Å². The lowest BCUT2D eigenvalue weighted by Gasteiger charge is -2.19. The first-order chi connectivity index (χ1) is 21.7. The van der Waals surface area contributed by atoms with Gasteiger partial charge in [0.15, 0.2) is 0 Å². The summed E-state index contributed by atoms with van der Waals surface area (Å²) in [6, 6.07) is 32.6. The molecule has 0 fully saturated rings. The van der Waals surface area contributed by atoms with E-state index < -0.39 is 7.40 Å². The molecular formula is C41H41BF2N2. The van der Waals surface area contributed by atoms with Crippen LogP contribution in [0.5, 0.6) is 0 Å². The van der Waals surface area contributed by atoms with Gasteiger partial charge in [-0.05, 0) is 64.6 Å². The van der Waals surface area contributed by atoms with Crippen molar-refractivity contribution in [3.05, 3.63) is 142 Å². The Balaban J connectivity index is 1.59. The number of aliphatic imine (C=N–C) groups is 1. The largest absolute Gasteiger partial charge is 0.678 e. The third-order valence-corrected chi connectivity index (χ3v) is 8.98. The number of aryl methyl sites for hydroxylation is 2. The summed E-state index contributed by atoms with van der Waals surface area (Å²) in [5, 5.41) is 0. The zero-order chi connectivity index (χ0) is 33.0. The van der Waals surface area contributed by atoms with Crippen molar-refractivity contribution in [1.29, 1.82) is 0 Å². The molecule has 0 bridgehead atoms. The van der Waals surface area contributed by atoms with Gasteiger partial charge in [-0.3, -0.25) is 8.63 Å². The van der Waals surface area contributed by atoms with Gasteiger partial charge in [0.25, 0.3) is 0 Å². The second-order valence-corrected chi connectivity index (χ2v) is 14.5. The molecule has 0 amide bonds. The van der Waals surface area contributed by atoms with Gasteiger partial charge in [-0.15, -0.1) is 0 Å². The standard InChI is InChI=1S/C41H41BF2N2/c1-26-13-22-32(27(2)23-26)39-34-12-10-9-11-33(34)36(45-39)25-38-35(28-14-18-30(19-15-28)40(3,4)5)24-37(46(38)42(43)44)29-16-20-31(21-17-29)41(6,7)8/h9-25H,1-8H3/b36-25-. The van der Waals surface area contributed by atoms with E-state index in [9.17, 15) is 0 Å². The normalized spacial score (nSPS) is 14.0. The molecule has 1 aliphatic heterocycles. The van der Waals surface area contributed by atoms with Crippen LogP contribution in [0.4, 0.5) is 8.63 Å². The molecule has 2 nitrogen and oxygen atoms in total. The van der Waals surface area contributed by atoms with Crippen molar-refractivity contribution in [3.8, 4) is 22.4 Å². The van der Waals surface area contributed by atoms with E-state index in [2.05, 4.69) is 91.8 Å². The number of benzene rings is 4. The highest BCUT2D eigenvalue weighted by atomic mass is 19.2. The fraction of sp³-hybridized carbons (Fsp3) is 0.244. The summed E-state index contributed by atoms with van der Waals surface area (Å²) in [6.07, 6.45) is 1.85.